The lowest BCUT2D eigenvalue weighted by Gasteiger charge is -2.09. The van der Waals surface area contributed by atoms with Crippen molar-refractivity contribution in [3.8, 4) is 0 Å². The Hall–Kier alpha value is -2.57. The fourth-order valence-corrected chi connectivity index (χ4v) is 1.64. The van der Waals surface area contributed by atoms with Crippen LogP contribution in [0.1, 0.15) is 23.7 Å². The molecule has 0 aromatic heterocycles. The highest BCUT2D eigenvalue weighted by molar-refractivity contribution is 6.14. The van der Waals surface area contributed by atoms with Gasteiger partial charge in [0.05, 0.1) is 11.3 Å². The number of nitro groups is 1. The summed E-state index contributed by atoms with van der Waals surface area (Å²) in [5, 5.41) is 15.3. The summed E-state index contributed by atoms with van der Waals surface area (Å²) in [6, 6.07) is 5.47. The predicted molar refractivity (Wildman–Crippen MR) is 62.0 cm³/mol. The average molecular weight is 247 g/mol. The number of carbonyl (C=O) groups excluding carboxylic acids is 2. The molecule has 2 amide bonds. The van der Waals surface area contributed by atoms with Crippen molar-refractivity contribution in [2.45, 2.75) is 13.3 Å². The first-order valence-corrected chi connectivity index (χ1v) is 5.15. The van der Waals surface area contributed by atoms with Crippen LogP contribution in [0.2, 0.25) is 0 Å². The molecular weight excluding hydrogens is 238 g/mol. The molecule has 1 aromatic carbocycles. The van der Waals surface area contributed by atoms with Gasteiger partial charge in [0.15, 0.2) is 0 Å². The monoisotopic (exact) mass is 247 g/mol. The van der Waals surface area contributed by atoms with Crippen LogP contribution in [0.3, 0.4) is 0 Å². The molecule has 1 aliphatic heterocycles. The SMILES string of the molecule is CC1=NN(C(=O)c2ccccc2[N+](=O)[O-])C(=O)C1. The molecule has 2 rings (SSSR count). The molecule has 7 nitrogen and oxygen atoms in total. The van der Waals surface area contributed by atoms with Crippen molar-refractivity contribution in [3.05, 3.63) is 39.9 Å². The van der Waals surface area contributed by atoms with Gasteiger partial charge in [0.25, 0.3) is 17.5 Å². The molecule has 18 heavy (non-hydrogen) atoms. The summed E-state index contributed by atoms with van der Waals surface area (Å²) < 4.78 is 0. The molecule has 1 heterocycles. The minimum absolute atomic E-state index is 0.0619. The van der Waals surface area contributed by atoms with Crippen LogP contribution in [0.15, 0.2) is 29.4 Å². The first-order chi connectivity index (χ1) is 8.50. The minimum atomic E-state index is -0.774. The Balaban J connectivity index is 2.41. The Kier molecular flexibility index (Phi) is 2.88. The standard InChI is InChI=1S/C11H9N3O4/c1-7-6-10(15)13(12-7)11(16)8-4-2-3-5-9(8)14(17)18/h2-5H,6H2,1H3. The second-order valence-electron chi connectivity index (χ2n) is 3.80. The highest BCUT2D eigenvalue weighted by Gasteiger charge is 2.31. The zero-order valence-corrected chi connectivity index (χ0v) is 9.49. The second kappa shape index (κ2) is 4.36. The van der Waals surface area contributed by atoms with E-state index in [0.717, 1.165) is 0 Å². The largest absolute Gasteiger partial charge is 0.288 e. The van der Waals surface area contributed by atoms with Crippen LogP contribution in [-0.2, 0) is 4.79 Å². The summed E-state index contributed by atoms with van der Waals surface area (Å²) >= 11 is 0. The zero-order chi connectivity index (χ0) is 13.3. The maximum Gasteiger partial charge on any atom is 0.288 e. The highest BCUT2D eigenvalue weighted by atomic mass is 16.6. The Morgan fingerprint density at radius 1 is 1.44 bits per heavy atom. The number of imide groups is 1. The van der Waals surface area contributed by atoms with Crippen molar-refractivity contribution in [3.63, 3.8) is 0 Å². The van der Waals surface area contributed by atoms with Gasteiger partial charge < -0.3 is 0 Å². The van der Waals surface area contributed by atoms with Gasteiger partial charge in [0, 0.05) is 11.8 Å². The molecule has 0 saturated carbocycles. The lowest BCUT2D eigenvalue weighted by molar-refractivity contribution is -0.385. The van der Waals surface area contributed by atoms with Crippen LogP contribution in [0, 0.1) is 10.1 Å². The van der Waals surface area contributed by atoms with Gasteiger partial charge in [-0.3, -0.25) is 19.7 Å². The highest BCUT2D eigenvalue weighted by Crippen LogP contribution is 2.21. The van der Waals surface area contributed by atoms with Gasteiger partial charge in [0.2, 0.25) is 0 Å². The van der Waals surface area contributed by atoms with E-state index in [2.05, 4.69) is 5.10 Å². The molecular formula is C11H9N3O4. The van der Waals surface area contributed by atoms with Crippen LogP contribution in [0.5, 0.6) is 0 Å². The lowest BCUT2D eigenvalue weighted by atomic mass is 10.1. The third-order valence-corrected chi connectivity index (χ3v) is 2.44. The quantitative estimate of drug-likeness (QED) is 0.447. The topological polar surface area (TPSA) is 92.9 Å². The van der Waals surface area contributed by atoms with E-state index in [-0.39, 0.29) is 17.7 Å². The Labute approximate surface area is 102 Å². The molecule has 0 N–H and O–H groups in total. The van der Waals surface area contributed by atoms with E-state index in [1.807, 2.05) is 0 Å². The van der Waals surface area contributed by atoms with Crippen LogP contribution in [-0.4, -0.2) is 27.5 Å². The van der Waals surface area contributed by atoms with Crippen molar-refractivity contribution in [1.29, 1.82) is 0 Å². The number of carbonyl (C=O) groups is 2. The smallest absolute Gasteiger partial charge is 0.272 e. The number of benzene rings is 1. The molecule has 0 fully saturated rings. The number of amides is 2. The Morgan fingerprint density at radius 3 is 2.67 bits per heavy atom. The van der Waals surface area contributed by atoms with Gasteiger partial charge >= 0.3 is 0 Å². The summed E-state index contributed by atoms with van der Waals surface area (Å²) in [6.07, 6.45) is 0.0619. The van der Waals surface area contributed by atoms with Crippen LogP contribution in [0.25, 0.3) is 0 Å². The summed E-state index contributed by atoms with van der Waals surface area (Å²) in [5.74, 6) is -1.25. The number of hydrazone groups is 1. The van der Waals surface area contributed by atoms with E-state index >= 15 is 0 Å². The maximum atomic E-state index is 12.0. The van der Waals surface area contributed by atoms with Crippen molar-refractivity contribution >= 4 is 23.2 Å². The number of hydrogen-bond acceptors (Lipinski definition) is 5. The number of nitrogens with zero attached hydrogens (tertiary/aromatic N) is 3. The van der Waals surface area contributed by atoms with E-state index < -0.39 is 16.7 Å². The van der Waals surface area contributed by atoms with Gasteiger partial charge in [-0.2, -0.15) is 10.1 Å². The maximum absolute atomic E-state index is 12.0. The fourth-order valence-electron chi connectivity index (χ4n) is 1.64. The molecule has 92 valence electrons. The fraction of sp³-hybridized carbons (Fsp3) is 0.182. The number of nitro benzene ring substituents is 1. The van der Waals surface area contributed by atoms with Gasteiger partial charge in [-0.1, -0.05) is 12.1 Å². The van der Waals surface area contributed by atoms with Gasteiger partial charge in [-0.05, 0) is 13.0 Å². The van der Waals surface area contributed by atoms with Gasteiger partial charge in [-0.15, -0.1) is 0 Å². The van der Waals surface area contributed by atoms with Crippen molar-refractivity contribution in [2.24, 2.45) is 5.10 Å². The lowest BCUT2D eigenvalue weighted by Crippen LogP contribution is -2.28. The molecule has 0 atom stereocenters. The summed E-state index contributed by atoms with van der Waals surface area (Å²) in [6.45, 7) is 1.62. The zero-order valence-electron chi connectivity index (χ0n) is 9.49. The van der Waals surface area contributed by atoms with Gasteiger partial charge in [0.1, 0.15) is 5.56 Å². The van der Waals surface area contributed by atoms with Crippen LogP contribution < -0.4 is 0 Å². The molecule has 0 saturated heterocycles. The van der Waals surface area contributed by atoms with Crippen molar-refractivity contribution < 1.29 is 14.5 Å². The number of rotatable bonds is 2. The molecule has 0 bridgehead atoms. The predicted octanol–water partition coefficient (Wildman–Crippen LogP) is 1.34. The Morgan fingerprint density at radius 2 is 2.11 bits per heavy atom. The van der Waals surface area contributed by atoms with E-state index in [1.165, 1.54) is 24.3 Å². The van der Waals surface area contributed by atoms with E-state index in [1.54, 1.807) is 6.92 Å². The van der Waals surface area contributed by atoms with E-state index in [0.29, 0.717) is 10.7 Å². The van der Waals surface area contributed by atoms with E-state index in [9.17, 15) is 19.7 Å². The summed E-state index contributed by atoms with van der Waals surface area (Å²) in [7, 11) is 0. The minimum Gasteiger partial charge on any atom is -0.272 e. The van der Waals surface area contributed by atoms with E-state index in [4.69, 9.17) is 0 Å². The second-order valence-corrected chi connectivity index (χ2v) is 3.80. The molecule has 1 aromatic rings. The molecule has 0 spiro atoms. The molecule has 1 aliphatic rings. The average Bonchev–Trinajstić information content (AvgIpc) is 2.67. The third kappa shape index (κ3) is 1.97. The summed E-state index contributed by atoms with van der Waals surface area (Å²) in [4.78, 5) is 33.7. The van der Waals surface area contributed by atoms with Crippen LogP contribution in [0.4, 0.5) is 5.69 Å². The number of para-hydroxylation sites is 1. The van der Waals surface area contributed by atoms with Crippen molar-refractivity contribution in [1.82, 2.24) is 5.01 Å². The summed E-state index contributed by atoms with van der Waals surface area (Å²) in [5.41, 5.74) is 0.0243. The Bertz CT molecular complexity index is 579. The normalized spacial score (nSPS) is 14.6. The van der Waals surface area contributed by atoms with Gasteiger partial charge in [-0.25, -0.2) is 0 Å². The molecule has 0 unspecified atom stereocenters. The molecule has 0 radical (unpaired) electrons. The third-order valence-electron chi connectivity index (χ3n) is 2.44. The van der Waals surface area contributed by atoms with Crippen LogP contribution >= 0.6 is 0 Å². The molecule has 7 heteroatoms. The van der Waals surface area contributed by atoms with Crippen molar-refractivity contribution in [2.75, 3.05) is 0 Å². The molecule has 0 aliphatic carbocycles. The number of hydrogen-bond donors (Lipinski definition) is 0. The first-order valence-electron chi connectivity index (χ1n) is 5.15. The first kappa shape index (κ1) is 11.9.